The average Bonchev–Trinajstić information content (AvgIpc) is 3.55. The van der Waals surface area contributed by atoms with E-state index < -0.39 is 5.97 Å². The molecule has 0 radical (unpaired) electrons. The second kappa shape index (κ2) is 9.44. The molecule has 8 nitrogen and oxygen atoms in total. The third-order valence-corrected chi connectivity index (χ3v) is 6.68. The van der Waals surface area contributed by atoms with Crippen molar-refractivity contribution in [1.29, 1.82) is 0 Å². The largest absolute Gasteiger partial charge is 0.478 e. The Kier molecular flexibility index (Phi) is 5.94. The van der Waals surface area contributed by atoms with Gasteiger partial charge < -0.3 is 13.9 Å². The van der Waals surface area contributed by atoms with E-state index in [1.807, 2.05) is 18.2 Å². The SMILES string of the molecule is O=C(O)c1cc(-c2ccc(C=Nn3c(-c4cc5cc(Br)ccc5o4)nc4ccccc4c3=O)o2)ccc1Cl. The van der Waals surface area contributed by atoms with Gasteiger partial charge in [0, 0.05) is 15.4 Å². The number of hydrogen-bond acceptors (Lipinski definition) is 6. The molecule has 0 aliphatic rings. The Morgan fingerprint density at radius 3 is 2.68 bits per heavy atom. The van der Waals surface area contributed by atoms with E-state index in [9.17, 15) is 14.7 Å². The number of nitrogens with zero attached hydrogens (tertiary/aromatic N) is 3. The number of halogens is 2. The molecule has 0 saturated heterocycles. The molecular weight excluding hydrogens is 574 g/mol. The van der Waals surface area contributed by atoms with Gasteiger partial charge in [-0.2, -0.15) is 9.78 Å². The number of hydrogen-bond donors (Lipinski definition) is 1. The van der Waals surface area contributed by atoms with E-state index in [2.05, 4.69) is 26.0 Å². The highest BCUT2D eigenvalue weighted by molar-refractivity contribution is 9.10. The van der Waals surface area contributed by atoms with Crippen LogP contribution >= 0.6 is 27.5 Å². The summed E-state index contributed by atoms with van der Waals surface area (Å²) >= 11 is 9.43. The summed E-state index contributed by atoms with van der Waals surface area (Å²) in [5.41, 5.74) is 1.27. The number of para-hydroxylation sites is 1. The maximum Gasteiger partial charge on any atom is 0.337 e. The molecule has 10 heteroatoms. The lowest BCUT2D eigenvalue weighted by molar-refractivity contribution is 0.0697. The van der Waals surface area contributed by atoms with E-state index in [0.717, 1.165) is 9.86 Å². The summed E-state index contributed by atoms with van der Waals surface area (Å²) in [6.07, 6.45) is 1.39. The second-order valence-electron chi connectivity index (χ2n) is 8.31. The van der Waals surface area contributed by atoms with Crippen molar-refractivity contribution < 1.29 is 18.7 Å². The quantitative estimate of drug-likeness (QED) is 0.216. The van der Waals surface area contributed by atoms with Crippen molar-refractivity contribution in [3.05, 3.63) is 110 Å². The van der Waals surface area contributed by atoms with Crippen LogP contribution in [0.15, 0.2) is 102 Å². The lowest BCUT2D eigenvalue weighted by Crippen LogP contribution is -2.20. The van der Waals surface area contributed by atoms with Crippen molar-refractivity contribution in [1.82, 2.24) is 9.66 Å². The minimum atomic E-state index is -1.14. The number of furan rings is 2. The third kappa shape index (κ3) is 4.31. The van der Waals surface area contributed by atoms with Crippen LogP contribution in [0.1, 0.15) is 16.1 Å². The van der Waals surface area contributed by atoms with Gasteiger partial charge in [-0.05, 0) is 66.7 Å². The van der Waals surface area contributed by atoms with Crippen molar-refractivity contribution in [3.63, 3.8) is 0 Å². The van der Waals surface area contributed by atoms with Crippen LogP contribution in [0.4, 0.5) is 0 Å². The number of benzene rings is 3. The predicted molar refractivity (Wildman–Crippen MR) is 148 cm³/mol. The van der Waals surface area contributed by atoms with Crippen LogP contribution in [0.25, 0.3) is 44.8 Å². The molecule has 6 aromatic rings. The number of aromatic carboxylic acids is 1. The predicted octanol–water partition coefficient (Wildman–Crippen LogP) is 7.07. The maximum atomic E-state index is 13.4. The molecule has 0 spiro atoms. The first-order chi connectivity index (χ1) is 18.4. The van der Waals surface area contributed by atoms with E-state index in [0.29, 0.717) is 39.3 Å². The topological polar surface area (TPSA) is 111 Å². The van der Waals surface area contributed by atoms with Gasteiger partial charge in [-0.15, -0.1) is 0 Å². The number of fused-ring (bicyclic) bond motifs is 2. The zero-order valence-electron chi connectivity index (χ0n) is 19.3. The first kappa shape index (κ1) is 23.9. The number of aromatic nitrogens is 2. The summed E-state index contributed by atoms with van der Waals surface area (Å²) in [5, 5.41) is 15.1. The highest BCUT2D eigenvalue weighted by Crippen LogP contribution is 2.30. The molecule has 0 aliphatic carbocycles. The van der Waals surface area contributed by atoms with Crippen molar-refractivity contribution in [2.45, 2.75) is 0 Å². The number of carboxylic acid groups (broad SMARTS) is 1. The summed E-state index contributed by atoms with van der Waals surface area (Å²) in [6.45, 7) is 0. The van der Waals surface area contributed by atoms with Crippen LogP contribution in [-0.4, -0.2) is 27.0 Å². The number of rotatable bonds is 5. The highest BCUT2D eigenvalue weighted by atomic mass is 79.9. The molecule has 3 aromatic heterocycles. The van der Waals surface area contributed by atoms with Gasteiger partial charge in [0.2, 0.25) is 5.82 Å². The van der Waals surface area contributed by atoms with Crippen LogP contribution < -0.4 is 5.56 Å². The monoisotopic (exact) mass is 587 g/mol. The number of carboxylic acids is 1. The van der Waals surface area contributed by atoms with Crippen molar-refractivity contribution in [2.24, 2.45) is 5.10 Å². The molecule has 0 aliphatic heterocycles. The fourth-order valence-electron chi connectivity index (χ4n) is 4.05. The molecule has 0 unspecified atom stereocenters. The Labute approximate surface area is 227 Å². The van der Waals surface area contributed by atoms with Gasteiger partial charge in [0.1, 0.15) is 17.1 Å². The summed E-state index contributed by atoms with van der Waals surface area (Å²) in [4.78, 5) is 29.5. The smallest absolute Gasteiger partial charge is 0.337 e. The third-order valence-electron chi connectivity index (χ3n) is 5.86. The van der Waals surface area contributed by atoms with Crippen molar-refractivity contribution >= 4 is 61.6 Å². The van der Waals surface area contributed by atoms with E-state index in [-0.39, 0.29) is 22.0 Å². The van der Waals surface area contributed by atoms with E-state index in [1.165, 1.54) is 23.0 Å². The van der Waals surface area contributed by atoms with Gasteiger partial charge in [0.15, 0.2) is 5.76 Å². The van der Waals surface area contributed by atoms with Gasteiger partial charge in [-0.1, -0.05) is 39.7 Å². The zero-order valence-corrected chi connectivity index (χ0v) is 21.6. The molecule has 0 bridgehead atoms. The summed E-state index contributed by atoms with van der Waals surface area (Å²) in [7, 11) is 0. The average molecular weight is 589 g/mol. The Balaban J connectivity index is 1.44. The molecular formula is C28H15BrClN3O5. The fourth-order valence-corrected chi connectivity index (χ4v) is 4.63. The Morgan fingerprint density at radius 1 is 1.00 bits per heavy atom. The first-order valence-electron chi connectivity index (χ1n) is 11.3. The molecule has 0 saturated carbocycles. The Hall–Kier alpha value is -4.47. The van der Waals surface area contributed by atoms with Crippen molar-refractivity contribution in [3.8, 4) is 22.9 Å². The van der Waals surface area contributed by atoms with Crippen LogP contribution in [0.2, 0.25) is 5.02 Å². The normalized spacial score (nSPS) is 11.6. The minimum absolute atomic E-state index is 0.0351. The Bertz CT molecular complexity index is 1970. The molecule has 0 amide bonds. The van der Waals surface area contributed by atoms with Gasteiger partial charge in [-0.3, -0.25) is 4.79 Å². The fraction of sp³-hybridized carbons (Fsp3) is 0. The first-order valence-corrected chi connectivity index (χ1v) is 12.4. The lowest BCUT2D eigenvalue weighted by atomic mass is 10.1. The minimum Gasteiger partial charge on any atom is -0.478 e. The van der Waals surface area contributed by atoms with E-state index in [4.69, 9.17) is 20.4 Å². The standard InChI is InChI=1S/C28H15BrClN3O5/c29-17-6-9-24-16(11-17)13-25(38-24)26-32-22-4-2-1-3-19(22)27(34)33(26)31-14-18-7-10-23(37-18)15-5-8-21(30)20(12-15)28(35)36/h1-14H,(H,35,36). The Morgan fingerprint density at radius 2 is 1.84 bits per heavy atom. The molecule has 38 heavy (non-hydrogen) atoms. The molecule has 6 rings (SSSR count). The lowest BCUT2D eigenvalue weighted by Gasteiger charge is -2.06. The van der Waals surface area contributed by atoms with Crippen LogP contribution in [0.3, 0.4) is 0 Å². The molecule has 3 heterocycles. The molecule has 0 fully saturated rings. The van der Waals surface area contributed by atoms with Gasteiger partial charge >= 0.3 is 5.97 Å². The van der Waals surface area contributed by atoms with Gasteiger partial charge in [0.05, 0.1) is 27.7 Å². The molecule has 186 valence electrons. The second-order valence-corrected chi connectivity index (χ2v) is 9.63. The molecule has 0 atom stereocenters. The van der Waals surface area contributed by atoms with Crippen LogP contribution in [-0.2, 0) is 0 Å². The number of carbonyl (C=O) groups is 1. The molecule has 3 aromatic carbocycles. The maximum absolute atomic E-state index is 13.4. The van der Waals surface area contributed by atoms with E-state index >= 15 is 0 Å². The summed E-state index contributed by atoms with van der Waals surface area (Å²) < 4.78 is 13.9. The highest BCUT2D eigenvalue weighted by Gasteiger charge is 2.17. The zero-order chi connectivity index (χ0) is 26.4. The van der Waals surface area contributed by atoms with Gasteiger partial charge in [-0.25, -0.2) is 9.78 Å². The summed E-state index contributed by atoms with van der Waals surface area (Å²) in [6, 6.07) is 22.3. The van der Waals surface area contributed by atoms with Crippen LogP contribution in [0, 0.1) is 0 Å². The molecule has 1 N–H and O–H groups in total. The summed E-state index contributed by atoms with van der Waals surface area (Å²) in [5.74, 6) is 0.219. The van der Waals surface area contributed by atoms with Gasteiger partial charge in [0.25, 0.3) is 5.56 Å². The van der Waals surface area contributed by atoms with E-state index in [1.54, 1.807) is 48.5 Å². The van der Waals surface area contributed by atoms with Crippen molar-refractivity contribution in [2.75, 3.05) is 0 Å². The van der Waals surface area contributed by atoms with Crippen LogP contribution in [0.5, 0.6) is 0 Å².